The lowest BCUT2D eigenvalue weighted by molar-refractivity contribution is 0.175. The van der Waals surface area contributed by atoms with Gasteiger partial charge in [0.15, 0.2) is 0 Å². The van der Waals surface area contributed by atoms with Crippen LogP contribution in [0.25, 0.3) is 0 Å². The van der Waals surface area contributed by atoms with Crippen molar-refractivity contribution in [2.75, 3.05) is 26.2 Å². The summed E-state index contributed by atoms with van der Waals surface area (Å²) in [6.45, 7) is 7.06. The van der Waals surface area contributed by atoms with E-state index in [1.165, 1.54) is 24.4 Å². The van der Waals surface area contributed by atoms with Crippen molar-refractivity contribution in [1.82, 2.24) is 10.2 Å². The summed E-state index contributed by atoms with van der Waals surface area (Å²) in [4.78, 5) is 4.14. The van der Waals surface area contributed by atoms with Crippen molar-refractivity contribution < 1.29 is 0 Å². The normalized spacial score (nSPS) is 29.2. The minimum atomic E-state index is 0.688. The number of piperazine rings is 1. The molecule has 2 atom stereocenters. The van der Waals surface area contributed by atoms with E-state index in [4.69, 9.17) is 0 Å². The third-order valence-electron chi connectivity index (χ3n) is 3.79. The zero-order valence-electron chi connectivity index (χ0n) is 10.4. The zero-order valence-corrected chi connectivity index (χ0v) is 11.2. The van der Waals surface area contributed by atoms with Crippen molar-refractivity contribution in [3.8, 4) is 0 Å². The van der Waals surface area contributed by atoms with Crippen LogP contribution in [-0.2, 0) is 6.42 Å². The highest BCUT2D eigenvalue weighted by Gasteiger charge is 2.26. The fourth-order valence-corrected chi connectivity index (χ4v) is 4.12. The van der Waals surface area contributed by atoms with E-state index in [2.05, 4.69) is 53.2 Å². The van der Waals surface area contributed by atoms with Crippen molar-refractivity contribution in [2.24, 2.45) is 0 Å². The second-order valence-electron chi connectivity index (χ2n) is 5.10. The van der Waals surface area contributed by atoms with Gasteiger partial charge in [-0.15, -0.1) is 11.8 Å². The van der Waals surface area contributed by atoms with E-state index in [-0.39, 0.29) is 0 Å². The fourth-order valence-electron chi connectivity index (χ4n) is 2.77. The predicted molar refractivity (Wildman–Crippen MR) is 73.7 cm³/mol. The number of thioether (sulfide) groups is 1. The van der Waals surface area contributed by atoms with Gasteiger partial charge in [-0.05, 0) is 25.0 Å². The smallest absolute Gasteiger partial charge is 0.0263 e. The summed E-state index contributed by atoms with van der Waals surface area (Å²) in [5.41, 5.74) is 1.55. The molecule has 3 rings (SSSR count). The van der Waals surface area contributed by atoms with Crippen LogP contribution in [0.1, 0.15) is 12.5 Å². The summed E-state index contributed by atoms with van der Waals surface area (Å²) in [6, 6.07) is 9.55. The minimum Gasteiger partial charge on any atom is -0.314 e. The number of rotatable bonds is 2. The topological polar surface area (TPSA) is 15.3 Å². The van der Waals surface area contributed by atoms with Gasteiger partial charge in [-0.1, -0.05) is 18.2 Å². The average Bonchev–Trinajstić information content (AvgIpc) is 2.74. The van der Waals surface area contributed by atoms with Crippen molar-refractivity contribution >= 4 is 11.8 Å². The van der Waals surface area contributed by atoms with E-state index < -0.39 is 0 Å². The zero-order chi connectivity index (χ0) is 11.7. The van der Waals surface area contributed by atoms with Crippen LogP contribution in [0.2, 0.25) is 0 Å². The third-order valence-corrected chi connectivity index (χ3v) is 5.09. The van der Waals surface area contributed by atoms with Gasteiger partial charge < -0.3 is 5.32 Å². The minimum absolute atomic E-state index is 0.688. The summed E-state index contributed by atoms with van der Waals surface area (Å²) in [6.07, 6.45) is 1.25. The Morgan fingerprint density at radius 3 is 3.12 bits per heavy atom. The lowest BCUT2D eigenvalue weighted by Crippen LogP contribution is -2.51. The molecule has 1 fully saturated rings. The van der Waals surface area contributed by atoms with Gasteiger partial charge in [0.1, 0.15) is 0 Å². The number of nitrogens with zero attached hydrogens (tertiary/aromatic N) is 1. The van der Waals surface area contributed by atoms with Gasteiger partial charge >= 0.3 is 0 Å². The molecule has 0 amide bonds. The molecule has 0 aromatic heterocycles. The van der Waals surface area contributed by atoms with Crippen LogP contribution >= 0.6 is 11.8 Å². The van der Waals surface area contributed by atoms with Gasteiger partial charge in [0.25, 0.3) is 0 Å². The van der Waals surface area contributed by atoms with E-state index in [9.17, 15) is 0 Å². The molecule has 1 aromatic carbocycles. The molecule has 2 heterocycles. The molecule has 2 aliphatic rings. The molecule has 1 saturated heterocycles. The van der Waals surface area contributed by atoms with E-state index >= 15 is 0 Å². The average molecular weight is 248 g/mol. The Kier molecular flexibility index (Phi) is 3.41. The Morgan fingerprint density at radius 2 is 2.29 bits per heavy atom. The molecule has 2 nitrogen and oxygen atoms in total. The van der Waals surface area contributed by atoms with E-state index in [0.717, 1.165) is 18.3 Å². The number of fused-ring (bicyclic) bond motifs is 1. The molecule has 1 aromatic rings. The first-order valence-electron chi connectivity index (χ1n) is 6.52. The standard InChI is InChI=1S/C14H20N2S/c1-11-9-15-6-7-16(11)10-13-8-12-4-2-3-5-14(12)17-13/h2-5,11,13,15H,6-10H2,1H3/t11-,13?/m0/s1. The molecule has 1 N–H and O–H groups in total. The second kappa shape index (κ2) is 5.01. The Hall–Kier alpha value is -0.510. The van der Waals surface area contributed by atoms with E-state index in [1.807, 2.05) is 0 Å². The molecular weight excluding hydrogens is 228 g/mol. The van der Waals surface area contributed by atoms with Crippen LogP contribution in [0.3, 0.4) is 0 Å². The van der Waals surface area contributed by atoms with E-state index in [0.29, 0.717) is 6.04 Å². The Bertz CT molecular complexity index is 369. The Balaban J connectivity index is 1.61. The largest absolute Gasteiger partial charge is 0.314 e. The monoisotopic (exact) mass is 248 g/mol. The first kappa shape index (κ1) is 11.6. The lowest BCUT2D eigenvalue weighted by Gasteiger charge is -2.35. The third kappa shape index (κ3) is 2.51. The van der Waals surface area contributed by atoms with Crippen molar-refractivity contribution in [3.05, 3.63) is 29.8 Å². The van der Waals surface area contributed by atoms with Crippen LogP contribution in [-0.4, -0.2) is 42.4 Å². The van der Waals surface area contributed by atoms with Crippen molar-refractivity contribution in [1.29, 1.82) is 0 Å². The molecule has 0 saturated carbocycles. The molecule has 0 bridgehead atoms. The number of hydrogen-bond donors (Lipinski definition) is 1. The SMILES string of the molecule is C[C@H]1CNCCN1CC1Cc2ccccc2S1. The molecular formula is C14H20N2S. The van der Waals surface area contributed by atoms with Gasteiger partial charge in [0.2, 0.25) is 0 Å². The predicted octanol–water partition coefficient (Wildman–Crippen LogP) is 2.00. The highest BCUT2D eigenvalue weighted by molar-refractivity contribution is 8.00. The maximum atomic E-state index is 3.46. The number of hydrogen-bond acceptors (Lipinski definition) is 3. The first-order valence-corrected chi connectivity index (χ1v) is 7.40. The second-order valence-corrected chi connectivity index (χ2v) is 6.44. The summed E-state index contributed by atoms with van der Waals surface area (Å²) in [7, 11) is 0. The van der Waals surface area contributed by atoms with Gasteiger partial charge in [-0.2, -0.15) is 0 Å². The van der Waals surface area contributed by atoms with Crippen LogP contribution < -0.4 is 5.32 Å². The molecule has 3 heteroatoms. The summed E-state index contributed by atoms with van der Waals surface area (Å²) in [5.74, 6) is 0. The quantitative estimate of drug-likeness (QED) is 0.862. The molecule has 2 aliphatic heterocycles. The molecule has 92 valence electrons. The number of nitrogens with one attached hydrogen (secondary N) is 1. The Labute approximate surface area is 108 Å². The molecule has 1 unspecified atom stereocenters. The molecule has 17 heavy (non-hydrogen) atoms. The van der Waals surface area contributed by atoms with Crippen LogP contribution in [0.15, 0.2) is 29.2 Å². The maximum absolute atomic E-state index is 3.46. The molecule has 0 aliphatic carbocycles. The van der Waals surface area contributed by atoms with Crippen LogP contribution in [0, 0.1) is 0 Å². The van der Waals surface area contributed by atoms with Crippen molar-refractivity contribution in [2.45, 2.75) is 29.5 Å². The molecule has 0 radical (unpaired) electrons. The van der Waals surface area contributed by atoms with E-state index in [1.54, 1.807) is 5.56 Å². The fraction of sp³-hybridized carbons (Fsp3) is 0.571. The molecule has 0 spiro atoms. The van der Waals surface area contributed by atoms with Gasteiger partial charge in [-0.25, -0.2) is 0 Å². The lowest BCUT2D eigenvalue weighted by atomic mass is 10.1. The summed E-state index contributed by atoms with van der Waals surface area (Å²) >= 11 is 2.07. The number of benzene rings is 1. The van der Waals surface area contributed by atoms with Crippen LogP contribution in [0.4, 0.5) is 0 Å². The summed E-state index contributed by atoms with van der Waals surface area (Å²) < 4.78 is 0. The van der Waals surface area contributed by atoms with Crippen molar-refractivity contribution in [3.63, 3.8) is 0 Å². The van der Waals surface area contributed by atoms with Crippen LogP contribution in [0.5, 0.6) is 0 Å². The Morgan fingerprint density at radius 1 is 1.41 bits per heavy atom. The highest BCUT2D eigenvalue weighted by Crippen LogP contribution is 2.37. The van der Waals surface area contributed by atoms with Gasteiger partial charge in [0, 0.05) is 42.4 Å². The highest BCUT2D eigenvalue weighted by atomic mass is 32.2. The first-order chi connectivity index (χ1) is 8.33. The maximum Gasteiger partial charge on any atom is 0.0263 e. The van der Waals surface area contributed by atoms with Gasteiger partial charge in [0.05, 0.1) is 0 Å². The summed E-state index contributed by atoms with van der Waals surface area (Å²) in [5, 5.41) is 4.22. The van der Waals surface area contributed by atoms with Gasteiger partial charge in [-0.3, -0.25) is 4.90 Å².